The third-order valence-corrected chi connectivity index (χ3v) is 8.34. The Morgan fingerprint density at radius 3 is 2.51 bits per heavy atom. The van der Waals surface area contributed by atoms with E-state index in [2.05, 4.69) is 30.1 Å². The number of methoxy groups -OCH3 is 1. The second kappa shape index (κ2) is 10.1. The molecule has 2 aliphatic heterocycles. The van der Waals surface area contributed by atoms with E-state index in [1.807, 2.05) is 34.0 Å². The molecule has 0 spiro atoms. The summed E-state index contributed by atoms with van der Waals surface area (Å²) in [6, 6.07) is 9.53. The fourth-order valence-electron chi connectivity index (χ4n) is 6.26. The molecule has 2 fully saturated rings. The topological polar surface area (TPSA) is 66.7 Å². The summed E-state index contributed by atoms with van der Waals surface area (Å²) in [6.45, 7) is 3.57. The summed E-state index contributed by atoms with van der Waals surface area (Å²) in [5, 5.41) is 4.69. The summed E-state index contributed by atoms with van der Waals surface area (Å²) >= 11 is 0. The van der Waals surface area contributed by atoms with Crippen LogP contribution in [-0.2, 0) is 13.6 Å². The van der Waals surface area contributed by atoms with Gasteiger partial charge in [-0.2, -0.15) is 5.10 Å². The number of anilines is 2. The molecular weight excluding hydrogens is 502 g/mol. The van der Waals surface area contributed by atoms with Crippen LogP contribution in [0.15, 0.2) is 42.7 Å². The van der Waals surface area contributed by atoms with Gasteiger partial charge in [0, 0.05) is 49.7 Å². The van der Waals surface area contributed by atoms with Crippen molar-refractivity contribution in [3.05, 3.63) is 65.0 Å². The zero-order chi connectivity index (χ0) is 27.3. The lowest BCUT2D eigenvalue weighted by Crippen LogP contribution is -2.55. The minimum absolute atomic E-state index is 0.0315. The SMILES string of the molecule is COc1nccc(C(F)F)c1N1CCC(N2C(=O)N(Cc3ccccc3C3CC3)c3nn(C)cc3C2C)CC1. The molecule has 4 heterocycles. The number of aromatic nitrogens is 3. The molecule has 3 aliphatic rings. The minimum atomic E-state index is -2.63. The summed E-state index contributed by atoms with van der Waals surface area (Å²) in [5.41, 5.74) is 3.78. The molecular formula is C29H34F2N6O2. The maximum Gasteiger partial charge on any atom is 0.326 e. The minimum Gasteiger partial charge on any atom is -0.480 e. The van der Waals surface area contributed by atoms with Crippen molar-refractivity contribution in [3.63, 3.8) is 0 Å². The Kier molecular flexibility index (Phi) is 6.64. The van der Waals surface area contributed by atoms with E-state index in [4.69, 9.17) is 9.84 Å². The maximum absolute atomic E-state index is 14.2. The third kappa shape index (κ3) is 4.59. The van der Waals surface area contributed by atoms with Crippen molar-refractivity contribution in [2.24, 2.45) is 7.05 Å². The number of amides is 2. The number of carbonyl (C=O) groups excluding carboxylic acids is 1. The zero-order valence-corrected chi connectivity index (χ0v) is 22.6. The first-order valence-corrected chi connectivity index (χ1v) is 13.6. The van der Waals surface area contributed by atoms with E-state index in [0.29, 0.717) is 44.1 Å². The number of aryl methyl sites for hydroxylation is 1. The molecule has 6 rings (SSSR count). The van der Waals surface area contributed by atoms with Crippen molar-refractivity contribution in [2.75, 3.05) is 30.0 Å². The number of carbonyl (C=O) groups is 1. The monoisotopic (exact) mass is 536 g/mol. The second-order valence-corrected chi connectivity index (χ2v) is 10.8. The number of benzene rings is 1. The third-order valence-electron chi connectivity index (χ3n) is 8.34. The van der Waals surface area contributed by atoms with Crippen LogP contribution in [0.1, 0.15) is 73.2 Å². The summed E-state index contributed by atoms with van der Waals surface area (Å²) < 4.78 is 34.8. The average molecular weight is 537 g/mol. The largest absolute Gasteiger partial charge is 0.480 e. The van der Waals surface area contributed by atoms with Crippen LogP contribution < -0.4 is 14.5 Å². The van der Waals surface area contributed by atoms with Crippen molar-refractivity contribution >= 4 is 17.5 Å². The van der Waals surface area contributed by atoms with Gasteiger partial charge in [-0.05, 0) is 55.7 Å². The van der Waals surface area contributed by atoms with Gasteiger partial charge in [-0.1, -0.05) is 24.3 Å². The van der Waals surface area contributed by atoms with Crippen LogP contribution in [0.4, 0.5) is 25.1 Å². The van der Waals surface area contributed by atoms with Crippen LogP contribution in [-0.4, -0.2) is 51.9 Å². The lowest BCUT2D eigenvalue weighted by atomic mass is 9.96. The number of fused-ring (bicyclic) bond motifs is 1. The van der Waals surface area contributed by atoms with Crippen LogP contribution in [0, 0.1) is 0 Å². The highest BCUT2D eigenvalue weighted by atomic mass is 19.3. The van der Waals surface area contributed by atoms with E-state index in [0.717, 1.165) is 16.9 Å². The van der Waals surface area contributed by atoms with Crippen molar-refractivity contribution in [2.45, 2.75) is 63.6 Å². The Bertz CT molecular complexity index is 1370. The summed E-state index contributed by atoms with van der Waals surface area (Å²) in [6.07, 6.45) is 4.41. The predicted octanol–water partition coefficient (Wildman–Crippen LogP) is 5.81. The van der Waals surface area contributed by atoms with E-state index in [1.165, 1.54) is 37.8 Å². The lowest BCUT2D eigenvalue weighted by Gasteiger charge is -2.46. The normalized spacial score (nSPS) is 20.1. The Balaban J connectivity index is 1.27. The first-order valence-electron chi connectivity index (χ1n) is 13.6. The molecule has 1 atom stereocenters. The van der Waals surface area contributed by atoms with Crippen molar-refractivity contribution in [1.82, 2.24) is 19.7 Å². The first-order chi connectivity index (χ1) is 18.9. The molecule has 0 bridgehead atoms. The molecule has 0 N–H and O–H groups in total. The molecule has 3 aromatic rings. The van der Waals surface area contributed by atoms with Gasteiger partial charge in [0.15, 0.2) is 5.82 Å². The van der Waals surface area contributed by atoms with E-state index in [-0.39, 0.29) is 29.6 Å². The number of rotatable bonds is 7. The van der Waals surface area contributed by atoms with Gasteiger partial charge in [0.2, 0.25) is 5.88 Å². The van der Waals surface area contributed by atoms with Gasteiger partial charge in [-0.25, -0.2) is 18.6 Å². The lowest BCUT2D eigenvalue weighted by molar-refractivity contribution is 0.135. The van der Waals surface area contributed by atoms with Crippen LogP contribution in [0.25, 0.3) is 0 Å². The number of piperidine rings is 1. The Morgan fingerprint density at radius 2 is 1.82 bits per heavy atom. The van der Waals surface area contributed by atoms with Crippen LogP contribution in [0.5, 0.6) is 5.88 Å². The van der Waals surface area contributed by atoms with E-state index < -0.39 is 6.43 Å². The smallest absolute Gasteiger partial charge is 0.326 e. The highest BCUT2D eigenvalue weighted by molar-refractivity contribution is 5.94. The number of alkyl halides is 2. The Morgan fingerprint density at radius 1 is 1.08 bits per heavy atom. The quantitative estimate of drug-likeness (QED) is 0.381. The molecule has 206 valence electrons. The zero-order valence-electron chi connectivity index (χ0n) is 22.6. The van der Waals surface area contributed by atoms with Gasteiger partial charge in [-0.3, -0.25) is 9.58 Å². The molecule has 1 unspecified atom stereocenters. The van der Waals surface area contributed by atoms with Gasteiger partial charge in [0.1, 0.15) is 5.69 Å². The molecule has 1 saturated carbocycles. The molecule has 10 heteroatoms. The first kappa shape index (κ1) is 25.6. The molecule has 8 nitrogen and oxygen atoms in total. The van der Waals surface area contributed by atoms with Gasteiger partial charge in [-0.15, -0.1) is 0 Å². The number of ether oxygens (including phenoxy) is 1. The summed E-state index contributed by atoms with van der Waals surface area (Å²) in [5.74, 6) is 1.50. The Hall–Kier alpha value is -3.69. The number of nitrogens with zero attached hydrogens (tertiary/aromatic N) is 6. The molecule has 1 aromatic carbocycles. The number of urea groups is 1. The van der Waals surface area contributed by atoms with Crippen molar-refractivity contribution in [1.29, 1.82) is 0 Å². The molecule has 1 saturated heterocycles. The number of pyridine rings is 1. The fraction of sp³-hybridized carbons (Fsp3) is 0.483. The predicted molar refractivity (Wildman–Crippen MR) is 144 cm³/mol. The molecule has 2 amide bonds. The summed E-state index contributed by atoms with van der Waals surface area (Å²) in [7, 11) is 3.33. The molecule has 39 heavy (non-hydrogen) atoms. The van der Waals surface area contributed by atoms with E-state index in [1.54, 1.807) is 4.68 Å². The van der Waals surface area contributed by atoms with Gasteiger partial charge in [0.25, 0.3) is 6.43 Å². The fourth-order valence-corrected chi connectivity index (χ4v) is 6.26. The van der Waals surface area contributed by atoms with Crippen molar-refractivity contribution < 1.29 is 18.3 Å². The van der Waals surface area contributed by atoms with E-state index >= 15 is 0 Å². The molecule has 2 aromatic heterocycles. The average Bonchev–Trinajstić information content (AvgIpc) is 3.71. The van der Waals surface area contributed by atoms with Gasteiger partial charge < -0.3 is 14.5 Å². The molecule has 0 radical (unpaired) electrons. The number of halogens is 2. The summed E-state index contributed by atoms with van der Waals surface area (Å²) in [4.78, 5) is 24.1. The highest BCUT2D eigenvalue weighted by Gasteiger charge is 2.43. The number of hydrogen-bond donors (Lipinski definition) is 0. The van der Waals surface area contributed by atoms with E-state index in [9.17, 15) is 13.6 Å². The highest BCUT2D eigenvalue weighted by Crippen LogP contribution is 2.44. The van der Waals surface area contributed by atoms with Crippen LogP contribution in [0.2, 0.25) is 0 Å². The Labute approximate surface area is 227 Å². The van der Waals surface area contributed by atoms with Crippen molar-refractivity contribution in [3.8, 4) is 5.88 Å². The van der Waals surface area contributed by atoms with Crippen LogP contribution >= 0.6 is 0 Å². The maximum atomic E-state index is 14.2. The van der Waals surface area contributed by atoms with Gasteiger partial charge >= 0.3 is 6.03 Å². The van der Waals surface area contributed by atoms with Gasteiger partial charge in [0.05, 0.1) is 19.7 Å². The van der Waals surface area contributed by atoms with Crippen LogP contribution in [0.3, 0.4) is 0 Å². The number of hydrogen-bond acceptors (Lipinski definition) is 5. The second-order valence-electron chi connectivity index (χ2n) is 10.8. The standard InChI is InChI=1S/C29H34F2N6O2/c1-18-24-17-34(2)33-27(24)36(16-20-6-4-5-7-22(20)19-8-9-19)29(38)37(18)21-11-14-35(15-12-21)25-23(26(30)31)10-13-32-28(25)39-3/h4-7,10,13,17-19,21,26H,8-9,11-12,14-16H2,1-3H3. The molecule has 1 aliphatic carbocycles.